The van der Waals surface area contributed by atoms with Gasteiger partial charge in [-0.2, -0.15) is 0 Å². The number of carbonyl (C=O) groups is 2. The second kappa shape index (κ2) is 7.14. The lowest BCUT2D eigenvalue weighted by molar-refractivity contribution is 0.0603. The summed E-state index contributed by atoms with van der Waals surface area (Å²) in [6, 6.07) is 0. The maximum absolute atomic E-state index is 12.0. The first-order valence-corrected chi connectivity index (χ1v) is 7.30. The molecule has 20 heavy (non-hydrogen) atoms. The van der Waals surface area contributed by atoms with E-state index in [1.54, 1.807) is 0 Å². The molecule has 0 saturated heterocycles. The maximum Gasteiger partial charge on any atom is 0.343 e. The number of nitrogen functional groups attached to an aromatic ring is 1. The average molecular weight is 299 g/mol. The number of nitrogens with one attached hydrogen (secondary N) is 1. The van der Waals surface area contributed by atoms with E-state index in [1.165, 1.54) is 25.5 Å². The normalized spacial score (nSPS) is 10.2. The number of anilines is 2. The quantitative estimate of drug-likeness (QED) is 0.781. The molecule has 0 atom stereocenters. The van der Waals surface area contributed by atoms with Crippen molar-refractivity contribution in [1.29, 1.82) is 0 Å². The minimum Gasteiger partial charge on any atom is -0.465 e. The van der Waals surface area contributed by atoms with Crippen LogP contribution in [0.1, 0.15) is 40.3 Å². The van der Waals surface area contributed by atoms with Crippen molar-refractivity contribution >= 4 is 33.9 Å². The molecule has 0 spiro atoms. The van der Waals surface area contributed by atoms with Crippen LogP contribution < -0.4 is 16.0 Å². The molecule has 0 unspecified atom stereocenters. The summed E-state index contributed by atoms with van der Waals surface area (Å²) in [6.07, 6.45) is 0.932. The second-order valence-electron chi connectivity index (χ2n) is 4.18. The summed E-state index contributed by atoms with van der Waals surface area (Å²) in [5.74, 6) is -0.810. The molecule has 0 saturated carbocycles. The fraction of sp³-hybridized carbons (Fsp3) is 0.538. The Balaban J connectivity index is 3.40. The molecule has 0 aromatic carbocycles. The first-order valence-electron chi connectivity index (χ1n) is 6.49. The monoisotopic (exact) mass is 299 g/mol. The van der Waals surface area contributed by atoms with E-state index in [0.29, 0.717) is 9.88 Å². The summed E-state index contributed by atoms with van der Waals surface area (Å²) in [4.78, 5) is 26.2. The van der Waals surface area contributed by atoms with Gasteiger partial charge in [-0.1, -0.05) is 6.92 Å². The Hall–Kier alpha value is -1.76. The minimum atomic E-state index is -0.515. The van der Waals surface area contributed by atoms with Gasteiger partial charge in [0.15, 0.2) is 0 Å². The number of carbonyl (C=O) groups excluding carboxylic acids is 2. The van der Waals surface area contributed by atoms with Crippen molar-refractivity contribution < 1.29 is 14.3 Å². The molecule has 1 amide bonds. The van der Waals surface area contributed by atoms with Crippen molar-refractivity contribution in [3.05, 3.63) is 10.4 Å². The number of nitrogens with zero attached hydrogens (tertiary/aromatic N) is 1. The molecular weight excluding hydrogens is 278 g/mol. The van der Waals surface area contributed by atoms with Gasteiger partial charge in [-0.05, 0) is 13.3 Å². The topological polar surface area (TPSA) is 84.7 Å². The molecule has 112 valence electrons. The van der Waals surface area contributed by atoms with E-state index in [2.05, 4.69) is 12.2 Å². The van der Waals surface area contributed by atoms with Crippen molar-refractivity contribution in [2.24, 2.45) is 0 Å². The molecular formula is C13H21N3O3S. The summed E-state index contributed by atoms with van der Waals surface area (Å²) >= 11 is 1.22. The van der Waals surface area contributed by atoms with Crippen LogP contribution in [0.5, 0.6) is 0 Å². The third-order valence-electron chi connectivity index (χ3n) is 2.91. The average Bonchev–Trinajstić information content (AvgIpc) is 2.80. The number of rotatable bonds is 6. The van der Waals surface area contributed by atoms with Crippen LogP contribution in [0, 0.1) is 0 Å². The van der Waals surface area contributed by atoms with Crippen LogP contribution in [0.25, 0.3) is 0 Å². The van der Waals surface area contributed by atoms with E-state index in [-0.39, 0.29) is 17.2 Å². The van der Waals surface area contributed by atoms with E-state index in [4.69, 9.17) is 10.5 Å². The fourth-order valence-corrected chi connectivity index (χ4v) is 3.15. The predicted molar refractivity (Wildman–Crippen MR) is 81.6 cm³/mol. The van der Waals surface area contributed by atoms with Crippen molar-refractivity contribution in [3.8, 4) is 0 Å². The molecule has 3 N–H and O–H groups in total. The highest BCUT2D eigenvalue weighted by atomic mass is 32.1. The summed E-state index contributed by atoms with van der Waals surface area (Å²) in [5, 5.41) is 3.22. The molecule has 0 bridgehead atoms. The van der Waals surface area contributed by atoms with Crippen LogP contribution in [-0.4, -0.2) is 39.1 Å². The van der Waals surface area contributed by atoms with Crippen LogP contribution in [0.4, 0.5) is 10.7 Å². The van der Waals surface area contributed by atoms with E-state index in [1.807, 2.05) is 11.8 Å². The van der Waals surface area contributed by atoms with E-state index >= 15 is 0 Å². The third kappa shape index (κ3) is 3.04. The predicted octanol–water partition coefficient (Wildman–Crippen LogP) is 1.71. The van der Waals surface area contributed by atoms with Crippen molar-refractivity contribution in [1.82, 2.24) is 5.32 Å². The first kappa shape index (κ1) is 16.3. The third-order valence-corrected chi connectivity index (χ3v) is 4.18. The number of nitrogens with two attached hydrogens (primary N) is 1. The van der Waals surface area contributed by atoms with E-state index in [9.17, 15) is 9.59 Å². The van der Waals surface area contributed by atoms with Gasteiger partial charge in [0.25, 0.3) is 5.91 Å². The zero-order valence-corrected chi connectivity index (χ0v) is 13.1. The van der Waals surface area contributed by atoms with Gasteiger partial charge in [-0.3, -0.25) is 4.79 Å². The molecule has 0 fully saturated rings. The highest BCUT2D eigenvalue weighted by molar-refractivity contribution is 7.19. The van der Waals surface area contributed by atoms with Crippen molar-refractivity contribution in [3.63, 3.8) is 0 Å². The van der Waals surface area contributed by atoms with E-state index in [0.717, 1.165) is 19.5 Å². The van der Waals surface area contributed by atoms with Gasteiger partial charge in [0, 0.05) is 20.1 Å². The molecule has 6 nitrogen and oxygen atoms in total. The summed E-state index contributed by atoms with van der Waals surface area (Å²) in [7, 11) is 2.83. The zero-order valence-electron chi connectivity index (χ0n) is 12.3. The van der Waals surface area contributed by atoms with Gasteiger partial charge >= 0.3 is 5.97 Å². The van der Waals surface area contributed by atoms with Crippen molar-refractivity contribution in [2.45, 2.75) is 20.3 Å². The number of methoxy groups -OCH3 is 1. The maximum atomic E-state index is 12.0. The van der Waals surface area contributed by atoms with Gasteiger partial charge in [0.1, 0.15) is 15.4 Å². The summed E-state index contributed by atoms with van der Waals surface area (Å²) < 4.78 is 4.79. The standard InChI is InChI=1S/C13H21N3O3S/c1-5-7-16(6-2)12-8(13(18)19-4)9(14)10(20-12)11(17)15-3/h5-7,14H2,1-4H3,(H,15,17). The Morgan fingerprint density at radius 3 is 2.50 bits per heavy atom. The minimum absolute atomic E-state index is 0.186. The highest BCUT2D eigenvalue weighted by Crippen LogP contribution is 2.38. The molecule has 1 heterocycles. The number of hydrogen-bond acceptors (Lipinski definition) is 6. The van der Waals surface area contributed by atoms with Crippen molar-refractivity contribution in [2.75, 3.05) is 37.9 Å². The molecule has 0 aliphatic heterocycles. The highest BCUT2D eigenvalue weighted by Gasteiger charge is 2.28. The fourth-order valence-electron chi connectivity index (χ4n) is 1.91. The lowest BCUT2D eigenvalue weighted by Crippen LogP contribution is -2.24. The first-order chi connectivity index (χ1) is 9.51. The Bertz CT molecular complexity index is 499. The Kier molecular flexibility index (Phi) is 5.82. The molecule has 1 aromatic heterocycles. The molecule has 7 heteroatoms. The number of esters is 1. The van der Waals surface area contributed by atoms with Gasteiger partial charge in [-0.25, -0.2) is 4.79 Å². The molecule has 0 aliphatic carbocycles. The van der Waals surface area contributed by atoms with Gasteiger partial charge < -0.3 is 20.7 Å². The number of thiophene rings is 1. The summed E-state index contributed by atoms with van der Waals surface area (Å²) in [6.45, 7) is 5.56. The molecule has 0 aliphatic rings. The molecule has 0 radical (unpaired) electrons. The van der Waals surface area contributed by atoms with Gasteiger partial charge in [0.2, 0.25) is 0 Å². The van der Waals surface area contributed by atoms with Crippen LogP contribution >= 0.6 is 11.3 Å². The number of ether oxygens (including phenoxy) is 1. The molecule has 1 aromatic rings. The zero-order chi connectivity index (χ0) is 15.3. The van der Waals surface area contributed by atoms with Gasteiger partial charge in [0.05, 0.1) is 12.8 Å². The second-order valence-corrected chi connectivity index (χ2v) is 5.17. The Labute approximate surface area is 122 Å². The van der Waals surface area contributed by atoms with E-state index < -0.39 is 5.97 Å². The van der Waals surface area contributed by atoms with Crippen LogP contribution in [0.3, 0.4) is 0 Å². The molecule has 1 rings (SSSR count). The number of amides is 1. The number of hydrogen-bond donors (Lipinski definition) is 2. The largest absolute Gasteiger partial charge is 0.465 e. The lowest BCUT2D eigenvalue weighted by Gasteiger charge is -2.21. The van der Waals surface area contributed by atoms with Crippen LogP contribution in [0.15, 0.2) is 0 Å². The summed E-state index contributed by atoms with van der Waals surface area (Å²) in [5.41, 5.74) is 6.44. The Morgan fingerprint density at radius 2 is 2.05 bits per heavy atom. The van der Waals surface area contributed by atoms with Crippen LogP contribution in [0.2, 0.25) is 0 Å². The SMILES string of the molecule is CCCN(CC)c1sc(C(=O)NC)c(N)c1C(=O)OC. The Morgan fingerprint density at radius 1 is 1.40 bits per heavy atom. The van der Waals surface area contributed by atoms with Crippen LogP contribution in [-0.2, 0) is 4.74 Å². The smallest absolute Gasteiger partial charge is 0.343 e. The van der Waals surface area contributed by atoms with Gasteiger partial charge in [-0.15, -0.1) is 11.3 Å². The lowest BCUT2D eigenvalue weighted by atomic mass is 10.2.